The van der Waals surface area contributed by atoms with Crippen LogP contribution >= 0.6 is 0 Å². The molecule has 0 fully saturated rings. The van der Waals surface area contributed by atoms with Crippen LogP contribution in [0.4, 0.5) is 28.7 Å². The number of amides is 1. The van der Waals surface area contributed by atoms with Crippen molar-refractivity contribution < 1.29 is 9.53 Å². The average molecular weight is 554 g/mol. The Balaban J connectivity index is 1.76. The molecule has 0 atom stereocenters. The predicted octanol–water partition coefficient (Wildman–Crippen LogP) is 5.11. The molecule has 0 aliphatic carbocycles. The van der Waals surface area contributed by atoms with Crippen molar-refractivity contribution in [2.75, 3.05) is 56.9 Å². The van der Waals surface area contributed by atoms with Gasteiger partial charge in [0.2, 0.25) is 11.9 Å². The number of fused-ring (bicyclic) bond motifs is 1. The Kier molecular flexibility index (Phi) is 8.84. The third kappa shape index (κ3) is 6.28. The van der Waals surface area contributed by atoms with Gasteiger partial charge in [0.1, 0.15) is 5.75 Å². The van der Waals surface area contributed by atoms with E-state index in [4.69, 9.17) is 21.4 Å². The predicted molar refractivity (Wildman–Crippen MR) is 164 cm³/mol. The van der Waals surface area contributed by atoms with E-state index in [1.807, 2.05) is 53.2 Å². The number of methoxy groups -OCH3 is 1. The Bertz CT molecular complexity index is 1640. The molecule has 2 N–H and O–H groups in total. The van der Waals surface area contributed by atoms with Crippen LogP contribution in [0.3, 0.4) is 0 Å². The SMILES string of the molecule is [C-]#[N+]c1ccc2c(c1)c(CC)nn2-c1nc(Nc2cc(NC(=O)C=C)c(N(C)CCN(C)C)cc2OC)ncc1C. The summed E-state index contributed by atoms with van der Waals surface area (Å²) in [6.45, 7) is 16.5. The normalized spacial score (nSPS) is 10.9. The number of nitrogens with one attached hydrogen (secondary N) is 2. The standard InChI is InChI=1S/C30H35N9O2/c1-9-22-21-15-20(31-4)11-12-25(21)39(36-22)29-19(3)18-32-30(35-29)34-24-16-23(33-28(40)10-2)26(17-27(24)41-8)38(7)14-13-37(5)6/h10-12,15-18H,2,9,13-14H2,1,3,5-8H3,(H,33,40)(H,32,34,35). The van der Waals surface area contributed by atoms with Gasteiger partial charge in [0, 0.05) is 43.4 Å². The van der Waals surface area contributed by atoms with Crippen LogP contribution in [0.2, 0.25) is 0 Å². The fraction of sp³-hybridized carbons (Fsp3) is 0.300. The summed E-state index contributed by atoms with van der Waals surface area (Å²) in [6.07, 6.45) is 3.68. The van der Waals surface area contributed by atoms with Gasteiger partial charge in [-0.25, -0.2) is 14.5 Å². The first-order valence-corrected chi connectivity index (χ1v) is 13.2. The number of nitrogens with zero attached hydrogens (tertiary/aromatic N) is 7. The number of carbonyl (C=O) groups is 1. The summed E-state index contributed by atoms with van der Waals surface area (Å²) < 4.78 is 7.52. The summed E-state index contributed by atoms with van der Waals surface area (Å²) in [5.41, 5.74) is 5.11. The molecule has 0 saturated carbocycles. The summed E-state index contributed by atoms with van der Waals surface area (Å²) in [5.74, 6) is 1.18. The summed E-state index contributed by atoms with van der Waals surface area (Å²) in [6, 6.07) is 9.21. The van der Waals surface area contributed by atoms with Crippen molar-refractivity contribution >= 4 is 45.5 Å². The van der Waals surface area contributed by atoms with Crippen LogP contribution in [0, 0.1) is 13.5 Å². The van der Waals surface area contributed by atoms with Gasteiger partial charge in [-0.15, -0.1) is 0 Å². The Labute approximate surface area is 240 Å². The second-order valence-electron chi connectivity index (χ2n) is 9.84. The molecule has 4 rings (SSSR count). The average Bonchev–Trinajstić information content (AvgIpc) is 3.34. The molecule has 2 aromatic carbocycles. The highest BCUT2D eigenvalue weighted by molar-refractivity contribution is 6.02. The van der Waals surface area contributed by atoms with Gasteiger partial charge in [0.15, 0.2) is 11.5 Å². The van der Waals surface area contributed by atoms with Crippen LogP contribution < -0.4 is 20.3 Å². The summed E-state index contributed by atoms with van der Waals surface area (Å²) in [4.78, 5) is 29.3. The van der Waals surface area contributed by atoms with Crippen LogP contribution in [0.1, 0.15) is 18.2 Å². The Hall–Kier alpha value is -4.95. The molecule has 0 aliphatic heterocycles. The van der Waals surface area contributed by atoms with Gasteiger partial charge >= 0.3 is 0 Å². The number of rotatable bonds is 11. The smallest absolute Gasteiger partial charge is 0.247 e. The summed E-state index contributed by atoms with van der Waals surface area (Å²) >= 11 is 0. The second-order valence-corrected chi connectivity index (χ2v) is 9.84. The summed E-state index contributed by atoms with van der Waals surface area (Å²) in [7, 11) is 7.58. The minimum absolute atomic E-state index is 0.323. The first-order valence-electron chi connectivity index (χ1n) is 13.2. The fourth-order valence-corrected chi connectivity index (χ4v) is 4.39. The van der Waals surface area contributed by atoms with Gasteiger partial charge in [-0.05, 0) is 51.7 Å². The molecule has 11 nitrogen and oxygen atoms in total. The number of hydrogen-bond donors (Lipinski definition) is 2. The number of aromatic nitrogens is 4. The molecule has 212 valence electrons. The molecule has 0 radical (unpaired) electrons. The van der Waals surface area contributed by atoms with Gasteiger partial charge in [0.25, 0.3) is 0 Å². The third-order valence-corrected chi connectivity index (χ3v) is 6.65. The second kappa shape index (κ2) is 12.5. The molecule has 41 heavy (non-hydrogen) atoms. The first kappa shape index (κ1) is 29.0. The number of aryl methyl sites for hydroxylation is 2. The molecule has 2 aromatic heterocycles. The maximum absolute atomic E-state index is 12.3. The van der Waals surface area contributed by atoms with E-state index in [2.05, 4.69) is 36.8 Å². The quantitative estimate of drug-likeness (QED) is 0.195. The van der Waals surface area contributed by atoms with Crippen molar-refractivity contribution in [3.63, 3.8) is 0 Å². The maximum atomic E-state index is 12.3. The van der Waals surface area contributed by atoms with E-state index in [1.54, 1.807) is 30.1 Å². The van der Waals surface area contributed by atoms with Crippen molar-refractivity contribution in [1.82, 2.24) is 24.6 Å². The monoisotopic (exact) mass is 553 g/mol. The van der Waals surface area contributed by atoms with Crippen LogP contribution in [0.15, 0.2) is 49.2 Å². The van der Waals surface area contributed by atoms with Crippen LogP contribution in [-0.2, 0) is 11.2 Å². The van der Waals surface area contributed by atoms with E-state index < -0.39 is 0 Å². The lowest BCUT2D eigenvalue weighted by molar-refractivity contribution is -0.111. The van der Waals surface area contributed by atoms with Crippen molar-refractivity contribution in [1.29, 1.82) is 0 Å². The molecule has 2 heterocycles. The van der Waals surface area contributed by atoms with Gasteiger partial charge in [-0.3, -0.25) is 4.79 Å². The van der Waals surface area contributed by atoms with Crippen LogP contribution in [0.25, 0.3) is 21.6 Å². The molecule has 0 spiro atoms. The molecular formula is C30H35N9O2. The van der Waals surface area contributed by atoms with Gasteiger partial charge in [-0.2, -0.15) is 10.1 Å². The minimum Gasteiger partial charge on any atom is -0.494 e. The minimum atomic E-state index is -0.323. The van der Waals surface area contributed by atoms with Gasteiger partial charge in [0.05, 0.1) is 42.0 Å². The molecular weight excluding hydrogens is 518 g/mol. The number of benzene rings is 2. The lowest BCUT2D eigenvalue weighted by Gasteiger charge is -2.26. The zero-order valence-corrected chi connectivity index (χ0v) is 24.3. The molecule has 4 aromatic rings. The van der Waals surface area contributed by atoms with E-state index in [1.165, 1.54) is 6.08 Å². The third-order valence-electron chi connectivity index (χ3n) is 6.65. The summed E-state index contributed by atoms with van der Waals surface area (Å²) in [5, 5.41) is 11.9. The number of carbonyl (C=O) groups excluding carboxylic acids is 1. The van der Waals surface area contributed by atoms with Crippen molar-refractivity contribution in [3.05, 3.63) is 71.9 Å². The number of ether oxygens (including phenoxy) is 1. The maximum Gasteiger partial charge on any atom is 0.247 e. The number of likely N-dealkylation sites (N-methyl/N-ethyl adjacent to an activating group) is 2. The van der Waals surface area contributed by atoms with Crippen molar-refractivity contribution in [2.45, 2.75) is 20.3 Å². The molecule has 0 bridgehead atoms. The Morgan fingerprint density at radius 3 is 2.63 bits per heavy atom. The Morgan fingerprint density at radius 2 is 1.98 bits per heavy atom. The molecule has 0 aliphatic rings. The number of hydrogen-bond acceptors (Lipinski definition) is 8. The largest absolute Gasteiger partial charge is 0.494 e. The van der Waals surface area contributed by atoms with E-state index in [-0.39, 0.29) is 5.91 Å². The van der Waals surface area contributed by atoms with Crippen molar-refractivity contribution in [3.8, 4) is 11.6 Å². The lowest BCUT2D eigenvalue weighted by atomic mass is 10.1. The zero-order valence-electron chi connectivity index (χ0n) is 24.3. The highest BCUT2D eigenvalue weighted by atomic mass is 16.5. The van der Waals surface area contributed by atoms with Gasteiger partial charge in [-0.1, -0.05) is 19.6 Å². The topological polar surface area (TPSA) is 105 Å². The Morgan fingerprint density at radius 1 is 1.20 bits per heavy atom. The first-order chi connectivity index (χ1) is 19.7. The number of anilines is 4. The van der Waals surface area contributed by atoms with E-state index in [9.17, 15) is 4.79 Å². The van der Waals surface area contributed by atoms with Crippen LogP contribution in [0.5, 0.6) is 5.75 Å². The van der Waals surface area contributed by atoms with Crippen molar-refractivity contribution in [2.24, 2.45) is 0 Å². The van der Waals surface area contributed by atoms with E-state index in [0.29, 0.717) is 41.0 Å². The van der Waals surface area contributed by atoms with Crippen LogP contribution in [-0.4, -0.2) is 71.9 Å². The van der Waals surface area contributed by atoms with E-state index >= 15 is 0 Å². The highest BCUT2D eigenvalue weighted by Crippen LogP contribution is 2.38. The lowest BCUT2D eigenvalue weighted by Crippen LogP contribution is -2.29. The molecule has 1 amide bonds. The highest BCUT2D eigenvalue weighted by Gasteiger charge is 2.18. The fourth-order valence-electron chi connectivity index (χ4n) is 4.39. The molecule has 11 heteroatoms. The van der Waals surface area contributed by atoms with Gasteiger partial charge < -0.3 is 25.2 Å². The zero-order chi connectivity index (χ0) is 29.7. The molecule has 0 saturated heterocycles. The molecule has 0 unspecified atom stereocenters. The van der Waals surface area contributed by atoms with E-state index in [0.717, 1.165) is 40.9 Å².